The second-order valence-electron chi connectivity index (χ2n) is 3.63. The largest absolute Gasteiger partial charge is 0.416 e. The van der Waals surface area contributed by atoms with Crippen molar-refractivity contribution in [3.63, 3.8) is 0 Å². The number of nitrogens with two attached hydrogens (primary N) is 1. The van der Waals surface area contributed by atoms with E-state index in [1.165, 1.54) is 6.92 Å². The summed E-state index contributed by atoms with van der Waals surface area (Å²) in [5.41, 5.74) is 3.84. The number of hydrogen-bond donors (Lipinski definition) is 2. The molecule has 1 rings (SSSR count). The van der Waals surface area contributed by atoms with Gasteiger partial charge in [0.2, 0.25) is 0 Å². The highest BCUT2D eigenvalue weighted by molar-refractivity contribution is 6.30. The molecule has 96 valence electrons. The molecule has 0 spiro atoms. The highest BCUT2D eigenvalue weighted by Gasteiger charge is 2.33. The SMILES string of the molecule is C[C@@H](O)[C@@H](N)c1cc(C(F)(F)F)cc(Cl)c1F. The van der Waals surface area contributed by atoms with Gasteiger partial charge in [0, 0.05) is 5.56 Å². The quantitative estimate of drug-likeness (QED) is 0.813. The molecule has 0 bridgehead atoms. The number of halogens is 5. The van der Waals surface area contributed by atoms with E-state index in [9.17, 15) is 17.6 Å². The summed E-state index contributed by atoms with van der Waals surface area (Å²) in [4.78, 5) is 0. The van der Waals surface area contributed by atoms with Gasteiger partial charge in [-0.25, -0.2) is 4.39 Å². The van der Waals surface area contributed by atoms with Crippen molar-refractivity contribution >= 4 is 11.6 Å². The number of hydrogen-bond acceptors (Lipinski definition) is 2. The summed E-state index contributed by atoms with van der Waals surface area (Å²) in [5, 5.41) is 8.49. The van der Waals surface area contributed by atoms with Gasteiger partial charge in [0.15, 0.2) is 0 Å². The van der Waals surface area contributed by atoms with Crippen LogP contribution in [-0.2, 0) is 6.18 Å². The van der Waals surface area contributed by atoms with E-state index in [0.717, 1.165) is 0 Å². The first-order chi connectivity index (χ1) is 7.64. The molecule has 0 aliphatic rings. The summed E-state index contributed by atoms with van der Waals surface area (Å²) >= 11 is 5.36. The molecule has 0 saturated heterocycles. The maximum atomic E-state index is 13.5. The van der Waals surface area contributed by atoms with Crippen molar-refractivity contribution in [3.05, 3.63) is 34.1 Å². The highest BCUT2D eigenvalue weighted by Crippen LogP contribution is 2.35. The molecule has 0 saturated carbocycles. The molecule has 0 radical (unpaired) electrons. The number of alkyl halides is 3. The average molecular weight is 272 g/mol. The van der Waals surface area contributed by atoms with Crippen molar-refractivity contribution in [3.8, 4) is 0 Å². The van der Waals surface area contributed by atoms with Crippen LogP contribution in [0.3, 0.4) is 0 Å². The lowest BCUT2D eigenvalue weighted by atomic mass is 10.00. The van der Waals surface area contributed by atoms with E-state index >= 15 is 0 Å². The maximum absolute atomic E-state index is 13.5. The molecule has 0 amide bonds. The molecule has 1 aromatic carbocycles. The van der Waals surface area contributed by atoms with Crippen LogP contribution in [0.15, 0.2) is 12.1 Å². The van der Waals surface area contributed by atoms with Crippen molar-refractivity contribution in [1.29, 1.82) is 0 Å². The first-order valence-electron chi connectivity index (χ1n) is 4.64. The van der Waals surface area contributed by atoms with Crippen LogP contribution in [0.1, 0.15) is 24.1 Å². The molecule has 0 fully saturated rings. The molecule has 1 aromatic rings. The van der Waals surface area contributed by atoms with Crippen molar-refractivity contribution < 1.29 is 22.7 Å². The van der Waals surface area contributed by atoms with Gasteiger partial charge in [-0.1, -0.05) is 11.6 Å². The molecule has 0 aliphatic heterocycles. The monoisotopic (exact) mass is 271 g/mol. The standard InChI is InChI=1S/C10H10ClF4NO/c1-4(17)9(16)6-2-5(10(13,14)15)3-7(11)8(6)12/h2-4,9,17H,16H2,1H3/t4-,9-/m1/s1. The Morgan fingerprint density at radius 3 is 2.29 bits per heavy atom. The fourth-order valence-electron chi connectivity index (χ4n) is 1.28. The third kappa shape index (κ3) is 3.08. The Bertz CT molecular complexity index is 420. The van der Waals surface area contributed by atoms with Crippen molar-refractivity contribution in [1.82, 2.24) is 0 Å². The van der Waals surface area contributed by atoms with Crippen molar-refractivity contribution in [2.24, 2.45) is 5.73 Å². The third-order valence-electron chi connectivity index (χ3n) is 2.26. The molecule has 2 nitrogen and oxygen atoms in total. The van der Waals surface area contributed by atoms with Crippen LogP contribution in [0.5, 0.6) is 0 Å². The summed E-state index contributed by atoms with van der Waals surface area (Å²) in [7, 11) is 0. The molecule has 0 aliphatic carbocycles. The lowest BCUT2D eigenvalue weighted by molar-refractivity contribution is -0.137. The van der Waals surface area contributed by atoms with Crippen LogP contribution in [0.4, 0.5) is 17.6 Å². The Morgan fingerprint density at radius 1 is 1.35 bits per heavy atom. The van der Waals surface area contributed by atoms with Crippen LogP contribution >= 0.6 is 11.6 Å². The Kier molecular flexibility index (Phi) is 4.01. The Morgan fingerprint density at radius 2 is 1.88 bits per heavy atom. The summed E-state index contributed by atoms with van der Waals surface area (Å²) < 4.78 is 50.9. The van der Waals surface area contributed by atoms with Gasteiger partial charge in [-0.2, -0.15) is 13.2 Å². The van der Waals surface area contributed by atoms with Gasteiger partial charge in [0.25, 0.3) is 0 Å². The van der Waals surface area contributed by atoms with E-state index in [0.29, 0.717) is 12.1 Å². The van der Waals surface area contributed by atoms with Gasteiger partial charge in [-0.3, -0.25) is 0 Å². The maximum Gasteiger partial charge on any atom is 0.416 e. The molecular formula is C10H10ClF4NO. The van der Waals surface area contributed by atoms with Crippen molar-refractivity contribution in [2.45, 2.75) is 25.2 Å². The highest BCUT2D eigenvalue weighted by atomic mass is 35.5. The number of benzene rings is 1. The van der Waals surface area contributed by atoms with Gasteiger partial charge in [-0.05, 0) is 19.1 Å². The van der Waals surface area contributed by atoms with Gasteiger partial charge in [-0.15, -0.1) is 0 Å². The molecule has 3 N–H and O–H groups in total. The second-order valence-corrected chi connectivity index (χ2v) is 4.03. The normalized spacial score (nSPS) is 15.8. The Hall–Kier alpha value is -0.850. The number of aliphatic hydroxyl groups excluding tert-OH is 1. The number of rotatable bonds is 2. The van der Waals surface area contributed by atoms with Crippen LogP contribution in [0, 0.1) is 5.82 Å². The second kappa shape index (κ2) is 4.80. The minimum Gasteiger partial charge on any atom is -0.391 e. The van der Waals surface area contributed by atoms with Crippen LogP contribution in [-0.4, -0.2) is 11.2 Å². The first-order valence-corrected chi connectivity index (χ1v) is 5.02. The fourth-order valence-corrected chi connectivity index (χ4v) is 1.50. The Balaban J connectivity index is 3.35. The van der Waals surface area contributed by atoms with Gasteiger partial charge in [0.1, 0.15) is 5.82 Å². The molecular weight excluding hydrogens is 262 g/mol. The predicted octanol–water partition coefficient (Wildman–Crippen LogP) is 2.88. The predicted molar refractivity (Wildman–Crippen MR) is 55.0 cm³/mol. The van der Waals surface area contributed by atoms with Crippen LogP contribution in [0.25, 0.3) is 0 Å². The summed E-state index contributed by atoms with van der Waals surface area (Å²) in [5.74, 6) is -1.05. The zero-order chi connectivity index (χ0) is 13.4. The van der Waals surface area contributed by atoms with Gasteiger partial charge < -0.3 is 10.8 Å². The average Bonchev–Trinajstić information content (AvgIpc) is 2.19. The molecule has 0 aromatic heterocycles. The minimum atomic E-state index is -4.65. The van der Waals surface area contributed by atoms with E-state index in [2.05, 4.69) is 0 Å². The van der Waals surface area contributed by atoms with E-state index in [4.69, 9.17) is 22.4 Å². The Labute approximate surface area is 100.0 Å². The molecule has 0 unspecified atom stereocenters. The van der Waals surface area contributed by atoms with E-state index < -0.39 is 40.3 Å². The summed E-state index contributed by atoms with van der Waals surface area (Å²) in [6.45, 7) is 1.25. The lowest BCUT2D eigenvalue weighted by Crippen LogP contribution is -2.25. The summed E-state index contributed by atoms with van der Waals surface area (Å²) in [6, 6.07) is -0.233. The zero-order valence-corrected chi connectivity index (χ0v) is 9.48. The fraction of sp³-hybridized carbons (Fsp3) is 0.400. The van der Waals surface area contributed by atoms with Crippen molar-refractivity contribution in [2.75, 3.05) is 0 Å². The smallest absolute Gasteiger partial charge is 0.391 e. The minimum absolute atomic E-state index is 0.458. The zero-order valence-electron chi connectivity index (χ0n) is 8.72. The van der Waals surface area contributed by atoms with Crippen LogP contribution in [0.2, 0.25) is 5.02 Å². The van der Waals surface area contributed by atoms with Crippen LogP contribution < -0.4 is 5.73 Å². The first kappa shape index (κ1) is 14.2. The molecule has 17 heavy (non-hydrogen) atoms. The summed E-state index contributed by atoms with van der Waals surface area (Å²) in [6.07, 6.45) is -5.84. The van der Waals surface area contributed by atoms with E-state index in [1.807, 2.05) is 0 Å². The third-order valence-corrected chi connectivity index (χ3v) is 2.54. The topological polar surface area (TPSA) is 46.2 Å². The van der Waals surface area contributed by atoms with E-state index in [-0.39, 0.29) is 0 Å². The molecule has 2 atom stereocenters. The van der Waals surface area contributed by atoms with Gasteiger partial charge >= 0.3 is 6.18 Å². The lowest BCUT2D eigenvalue weighted by Gasteiger charge is -2.18. The van der Waals surface area contributed by atoms with E-state index in [1.54, 1.807) is 0 Å². The molecule has 7 heteroatoms. The molecule has 0 heterocycles. The van der Waals surface area contributed by atoms with Gasteiger partial charge in [0.05, 0.1) is 22.7 Å². The number of aliphatic hydroxyl groups is 1.